The fourth-order valence-corrected chi connectivity index (χ4v) is 2.37. The minimum atomic E-state index is -0.874. The minimum Gasteiger partial charge on any atom is -0.483 e. The standard InChI is InChI=1S/C13H16FNO4/c1-18-9-4-2-5-10(8-9)19-12-7-3-6-11(14)13(12)15(16)17/h3,6-7,9-10H,2,4-5,8H2,1H3. The minimum absolute atomic E-state index is 0.00764. The van der Waals surface area contributed by atoms with E-state index < -0.39 is 16.4 Å². The molecule has 0 saturated heterocycles. The highest BCUT2D eigenvalue weighted by atomic mass is 19.1. The van der Waals surface area contributed by atoms with Gasteiger partial charge in [0.2, 0.25) is 11.6 Å². The Morgan fingerprint density at radius 2 is 2.11 bits per heavy atom. The third-order valence-corrected chi connectivity index (χ3v) is 3.34. The molecule has 0 aliphatic heterocycles. The Kier molecular flexibility index (Phi) is 4.31. The highest BCUT2D eigenvalue weighted by molar-refractivity contribution is 5.47. The molecule has 6 heteroatoms. The second-order valence-corrected chi connectivity index (χ2v) is 4.61. The first-order valence-electron chi connectivity index (χ1n) is 6.24. The third kappa shape index (κ3) is 3.20. The van der Waals surface area contributed by atoms with E-state index in [9.17, 15) is 14.5 Å². The summed E-state index contributed by atoms with van der Waals surface area (Å²) < 4.78 is 24.3. The van der Waals surface area contributed by atoms with Gasteiger partial charge in [0.1, 0.15) is 6.10 Å². The molecule has 104 valence electrons. The van der Waals surface area contributed by atoms with Crippen molar-refractivity contribution in [2.75, 3.05) is 7.11 Å². The van der Waals surface area contributed by atoms with Crippen molar-refractivity contribution in [1.82, 2.24) is 0 Å². The summed E-state index contributed by atoms with van der Waals surface area (Å²) in [7, 11) is 1.64. The lowest BCUT2D eigenvalue weighted by molar-refractivity contribution is -0.388. The van der Waals surface area contributed by atoms with Gasteiger partial charge in [-0.2, -0.15) is 4.39 Å². The Labute approximate surface area is 110 Å². The van der Waals surface area contributed by atoms with Gasteiger partial charge >= 0.3 is 5.69 Å². The van der Waals surface area contributed by atoms with E-state index in [2.05, 4.69) is 0 Å². The first-order valence-corrected chi connectivity index (χ1v) is 6.24. The summed E-state index contributed by atoms with van der Waals surface area (Å²) in [6.45, 7) is 0. The maximum Gasteiger partial charge on any atom is 0.346 e. The van der Waals surface area contributed by atoms with Gasteiger partial charge in [0.05, 0.1) is 11.0 Å². The molecule has 0 bridgehead atoms. The van der Waals surface area contributed by atoms with E-state index in [1.54, 1.807) is 7.11 Å². The van der Waals surface area contributed by atoms with Crippen molar-refractivity contribution in [1.29, 1.82) is 0 Å². The number of halogens is 1. The van der Waals surface area contributed by atoms with Crippen LogP contribution < -0.4 is 4.74 Å². The van der Waals surface area contributed by atoms with E-state index in [4.69, 9.17) is 9.47 Å². The summed E-state index contributed by atoms with van der Waals surface area (Å²) in [5.74, 6) is -0.881. The molecule has 19 heavy (non-hydrogen) atoms. The summed E-state index contributed by atoms with van der Waals surface area (Å²) in [6.07, 6.45) is 3.30. The average Bonchev–Trinajstić information content (AvgIpc) is 2.38. The van der Waals surface area contributed by atoms with Gasteiger partial charge in [-0.05, 0) is 31.4 Å². The number of methoxy groups -OCH3 is 1. The van der Waals surface area contributed by atoms with Crippen LogP contribution >= 0.6 is 0 Å². The van der Waals surface area contributed by atoms with Gasteiger partial charge in [0, 0.05) is 13.5 Å². The first kappa shape index (κ1) is 13.7. The summed E-state index contributed by atoms with van der Waals surface area (Å²) in [5, 5.41) is 10.9. The highest BCUT2D eigenvalue weighted by Crippen LogP contribution is 2.33. The first-order chi connectivity index (χ1) is 9.11. The second-order valence-electron chi connectivity index (χ2n) is 4.61. The average molecular weight is 269 g/mol. The second kappa shape index (κ2) is 5.97. The molecule has 2 unspecified atom stereocenters. The van der Waals surface area contributed by atoms with Crippen LogP contribution in [-0.4, -0.2) is 24.2 Å². The number of para-hydroxylation sites is 1. The van der Waals surface area contributed by atoms with Crippen molar-refractivity contribution in [3.05, 3.63) is 34.1 Å². The molecule has 0 heterocycles. The monoisotopic (exact) mass is 269 g/mol. The lowest BCUT2D eigenvalue weighted by atomic mass is 9.95. The molecule has 2 atom stereocenters. The molecular formula is C13H16FNO4. The van der Waals surface area contributed by atoms with E-state index in [1.165, 1.54) is 12.1 Å². The number of hydrogen-bond donors (Lipinski definition) is 0. The van der Waals surface area contributed by atoms with Crippen LogP contribution in [0.3, 0.4) is 0 Å². The van der Waals surface area contributed by atoms with Crippen LogP contribution in [0, 0.1) is 15.9 Å². The Bertz CT molecular complexity index is 466. The number of ether oxygens (including phenoxy) is 2. The summed E-state index contributed by atoms with van der Waals surface area (Å²) >= 11 is 0. The molecule has 1 aromatic rings. The molecule has 0 amide bonds. The molecule has 1 fully saturated rings. The van der Waals surface area contributed by atoms with Crippen molar-refractivity contribution < 1.29 is 18.8 Å². The van der Waals surface area contributed by atoms with Crippen LogP contribution in [-0.2, 0) is 4.74 Å². The quantitative estimate of drug-likeness (QED) is 0.622. The summed E-state index contributed by atoms with van der Waals surface area (Å²) in [5.41, 5.74) is -0.595. The lowest BCUT2D eigenvalue weighted by Crippen LogP contribution is -2.29. The highest BCUT2D eigenvalue weighted by Gasteiger charge is 2.27. The van der Waals surface area contributed by atoms with Gasteiger partial charge in [-0.1, -0.05) is 6.07 Å². The Morgan fingerprint density at radius 3 is 2.79 bits per heavy atom. The molecule has 1 aliphatic carbocycles. The Balaban J connectivity index is 2.14. The topological polar surface area (TPSA) is 61.6 Å². The lowest BCUT2D eigenvalue weighted by Gasteiger charge is -2.28. The van der Waals surface area contributed by atoms with E-state index in [-0.39, 0.29) is 18.0 Å². The van der Waals surface area contributed by atoms with Crippen LogP contribution in [0.2, 0.25) is 0 Å². The number of nitrogens with zero attached hydrogens (tertiary/aromatic N) is 1. The van der Waals surface area contributed by atoms with E-state index >= 15 is 0 Å². The van der Waals surface area contributed by atoms with Gasteiger partial charge in [-0.3, -0.25) is 10.1 Å². The number of hydrogen-bond acceptors (Lipinski definition) is 4. The van der Waals surface area contributed by atoms with Crippen molar-refractivity contribution in [2.45, 2.75) is 37.9 Å². The molecule has 0 radical (unpaired) electrons. The zero-order valence-electron chi connectivity index (χ0n) is 10.7. The van der Waals surface area contributed by atoms with Gasteiger partial charge in [0.15, 0.2) is 0 Å². The van der Waals surface area contributed by atoms with Crippen molar-refractivity contribution in [3.63, 3.8) is 0 Å². The molecule has 1 saturated carbocycles. The van der Waals surface area contributed by atoms with Gasteiger partial charge in [-0.25, -0.2) is 0 Å². The van der Waals surface area contributed by atoms with Crippen LogP contribution in [0.1, 0.15) is 25.7 Å². The number of nitro benzene ring substituents is 1. The van der Waals surface area contributed by atoms with E-state index in [1.807, 2.05) is 0 Å². The third-order valence-electron chi connectivity index (χ3n) is 3.34. The van der Waals surface area contributed by atoms with Crippen LogP contribution in [0.15, 0.2) is 18.2 Å². The van der Waals surface area contributed by atoms with Crippen LogP contribution in [0.5, 0.6) is 5.75 Å². The summed E-state index contributed by atoms with van der Waals surface area (Å²) in [6, 6.07) is 3.90. The molecular weight excluding hydrogens is 253 g/mol. The number of nitro groups is 1. The number of benzene rings is 1. The molecule has 1 aromatic carbocycles. The molecule has 0 N–H and O–H groups in total. The largest absolute Gasteiger partial charge is 0.483 e. The summed E-state index contributed by atoms with van der Waals surface area (Å²) in [4.78, 5) is 10.1. The molecule has 2 rings (SSSR count). The zero-order chi connectivity index (χ0) is 13.8. The van der Waals surface area contributed by atoms with Gasteiger partial charge < -0.3 is 9.47 Å². The number of rotatable bonds is 4. The van der Waals surface area contributed by atoms with Crippen LogP contribution in [0.25, 0.3) is 0 Å². The maximum atomic E-state index is 13.5. The molecule has 1 aliphatic rings. The molecule has 0 spiro atoms. The molecule has 0 aromatic heterocycles. The predicted molar refractivity (Wildman–Crippen MR) is 66.7 cm³/mol. The van der Waals surface area contributed by atoms with Gasteiger partial charge in [-0.15, -0.1) is 0 Å². The van der Waals surface area contributed by atoms with E-state index in [0.29, 0.717) is 6.42 Å². The smallest absolute Gasteiger partial charge is 0.346 e. The zero-order valence-corrected chi connectivity index (χ0v) is 10.7. The van der Waals surface area contributed by atoms with Crippen molar-refractivity contribution >= 4 is 5.69 Å². The SMILES string of the molecule is COC1CCCC(Oc2cccc(F)c2[N+](=O)[O-])C1. The molecule has 5 nitrogen and oxygen atoms in total. The fourth-order valence-electron chi connectivity index (χ4n) is 2.37. The van der Waals surface area contributed by atoms with Crippen molar-refractivity contribution in [2.24, 2.45) is 0 Å². The fraction of sp³-hybridized carbons (Fsp3) is 0.538. The van der Waals surface area contributed by atoms with E-state index in [0.717, 1.165) is 25.3 Å². The Morgan fingerprint density at radius 1 is 1.37 bits per heavy atom. The van der Waals surface area contributed by atoms with Gasteiger partial charge in [0.25, 0.3) is 0 Å². The maximum absolute atomic E-state index is 13.5. The Hall–Kier alpha value is -1.69. The normalized spacial score (nSPS) is 23.1. The van der Waals surface area contributed by atoms with Crippen LogP contribution in [0.4, 0.5) is 10.1 Å². The van der Waals surface area contributed by atoms with Crippen molar-refractivity contribution in [3.8, 4) is 5.75 Å². The predicted octanol–water partition coefficient (Wildman–Crippen LogP) is 3.07.